The predicted octanol–water partition coefficient (Wildman–Crippen LogP) is 5.45. The first-order valence-electron chi connectivity index (χ1n) is 10.8. The average Bonchev–Trinajstić information content (AvgIpc) is 3.29. The molecule has 0 aliphatic carbocycles. The predicted molar refractivity (Wildman–Crippen MR) is 136 cm³/mol. The van der Waals surface area contributed by atoms with Crippen LogP contribution in [0.1, 0.15) is 23.7 Å². The van der Waals surface area contributed by atoms with E-state index in [1.165, 1.54) is 12.1 Å². The molecule has 5 rings (SSSR count). The molecular formula is C25H20Cl2FN3O3S. The Labute approximate surface area is 211 Å². The number of hydrogen-bond acceptors (Lipinski definition) is 4. The van der Waals surface area contributed by atoms with Crippen LogP contribution in [0.25, 0.3) is 27.8 Å². The van der Waals surface area contributed by atoms with Gasteiger partial charge >= 0.3 is 0 Å². The molecule has 35 heavy (non-hydrogen) atoms. The Morgan fingerprint density at radius 2 is 1.74 bits per heavy atom. The summed E-state index contributed by atoms with van der Waals surface area (Å²) < 4.78 is 39.1. The van der Waals surface area contributed by atoms with Crippen LogP contribution in [-0.4, -0.2) is 41.2 Å². The van der Waals surface area contributed by atoms with Gasteiger partial charge in [0.05, 0.1) is 28.2 Å². The first-order valence-corrected chi connectivity index (χ1v) is 13.4. The smallest absolute Gasteiger partial charge is 0.251 e. The van der Waals surface area contributed by atoms with Gasteiger partial charge in [0.2, 0.25) is 0 Å². The highest BCUT2D eigenvalue weighted by Crippen LogP contribution is 2.34. The number of rotatable bonds is 4. The highest BCUT2D eigenvalue weighted by molar-refractivity contribution is 7.91. The van der Waals surface area contributed by atoms with Crippen LogP contribution in [0.15, 0.2) is 60.7 Å². The van der Waals surface area contributed by atoms with Crippen molar-refractivity contribution in [2.75, 3.05) is 11.5 Å². The lowest BCUT2D eigenvalue weighted by molar-refractivity contribution is 0.0915. The van der Waals surface area contributed by atoms with E-state index in [-0.39, 0.29) is 23.2 Å². The molecule has 1 aliphatic rings. The molecule has 1 aliphatic heterocycles. The van der Waals surface area contributed by atoms with Crippen LogP contribution >= 0.6 is 23.2 Å². The van der Waals surface area contributed by atoms with Crippen molar-refractivity contribution >= 4 is 49.8 Å². The van der Waals surface area contributed by atoms with Crippen LogP contribution in [0, 0.1) is 5.82 Å². The molecule has 0 bridgehead atoms. The quantitative estimate of drug-likeness (QED) is 0.379. The molecule has 1 fully saturated rings. The average molecular weight is 532 g/mol. The summed E-state index contributed by atoms with van der Waals surface area (Å²) in [6.07, 6.45) is 0.358. The molecule has 1 atom stereocenters. The topological polar surface area (TPSA) is 81.1 Å². The number of amides is 1. The minimum atomic E-state index is -3.18. The summed E-state index contributed by atoms with van der Waals surface area (Å²) in [5, 5.41) is 9.26. The Bertz CT molecular complexity index is 1570. The van der Waals surface area contributed by atoms with Gasteiger partial charge in [0.15, 0.2) is 9.84 Å². The molecule has 4 aromatic rings. The van der Waals surface area contributed by atoms with Gasteiger partial charge < -0.3 is 5.32 Å². The lowest BCUT2D eigenvalue weighted by Gasteiger charge is -2.23. The normalized spacial score (nSPS) is 19.2. The number of fused-ring (bicyclic) bond motifs is 1. The van der Waals surface area contributed by atoms with Gasteiger partial charge in [0.25, 0.3) is 5.91 Å². The number of carbonyl (C=O) groups excluding carboxylic acids is 1. The zero-order valence-corrected chi connectivity index (χ0v) is 20.9. The van der Waals surface area contributed by atoms with E-state index in [9.17, 15) is 17.6 Å². The van der Waals surface area contributed by atoms with Gasteiger partial charge in [-0.15, -0.1) is 0 Å². The van der Waals surface area contributed by atoms with E-state index < -0.39 is 15.4 Å². The molecular weight excluding hydrogens is 512 g/mol. The van der Waals surface area contributed by atoms with Crippen molar-refractivity contribution < 1.29 is 17.6 Å². The number of aromatic nitrogens is 2. The standard InChI is InChI=1S/C25H20Cl2FN3O3S/c1-25(8-9-35(33,34)14-25)29-24(32)15-2-7-21-22(12-15)31(20-5-3-19(28)4-6-20)30-23(21)16-10-17(26)13-18(27)11-16/h2-7,10-13H,8-9,14H2,1H3,(H,29,32)/t25-/m1/s1. The number of carbonyl (C=O) groups is 1. The van der Waals surface area contributed by atoms with E-state index in [1.54, 1.807) is 60.1 Å². The van der Waals surface area contributed by atoms with Crippen LogP contribution in [0.2, 0.25) is 10.0 Å². The van der Waals surface area contributed by atoms with Gasteiger partial charge in [-0.2, -0.15) is 5.10 Å². The molecule has 1 saturated heterocycles. The van der Waals surface area contributed by atoms with E-state index in [2.05, 4.69) is 5.32 Å². The van der Waals surface area contributed by atoms with E-state index in [0.29, 0.717) is 44.5 Å². The van der Waals surface area contributed by atoms with Gasteiger partial charge in [0.1, 0.15) is 11.5 Å². The number of sulfone groups is 1. The summed E-state index contributed by atoms with van der Waals surface area (Å²) in [4.78, 5) is 13.1. The molecule has 6 nitrogen and oxygen atoms in total. The highest BCUT2D eigenvalue weighted by atomic mass is 35.5. The maximum atomic E-state index is 13.6. The summed E-state index contributed by atoms with van der Waals surface area (Å²) in [5.74, 6) is -0.815. The molecule has 3 aromatic carbocycles. The third kappa shape index (κ3) is 4.78. The molecule has 0 unspecified atom stereocenters. The summed E-state index contributed by atoms with van der Waals surface area (Å²) >= 11 is 12.4. The fraction of sp³-hybridized carbons (Fsp3) is 0.200. The molecule has 0 saturated carbocycles. The number of hydrogen-bond donors (Lipinski definition) is 1. The molecule has 10 heteroatoms. The Kier molecular flexibility index (Phi) is 5.86. The fourth-order valence-corrected chi connectivity index (χ4v) is 7.01. The largest absolute Gasteiger partial charge is 0.346 e. The third-order valence-corrected chi connectivity index (χ3v) is 8.41. The van der Waals surface area contributed by atoms with Gasteiger partial charge in [-0.3, -0.25) is 4.79 Å². The van der Waals surface area contributed by atoms with E-state index in [4.69, 9.17) is 28.3 Å². The number of nitrogens with zero attached hydrogens (tertiary/aromatic N) is 2. The van der Waals surface area contributed by atoms with Crippen molar-refractivity contribution in [1.82, 2.24) is 15.1 Å². The second-order valence-corrected chi connectivity index (χ2v) is 12.0. The summed E-state index contributed by atoms with van der Waals surface area (Å²) in [5.41, 5.74) is 2.01. The van der Waals surface area contributed by atoms with Gasteiger partial charge in [0, 0.05) is 26.6 Å². The number of benzene rings is 3. The summed E-state index contributed by atoms with van der Waals surface area (Å²) in [6.45, 7) is 1.73. The van der Waals surface area contributed by atoms with Crippen LogP contribution in [0.4, 0.5) is 4.39 Å². The monoisotopic (exact) mass is 531 g/mol. The minimum absolute atomic E-state index is 0.0473. The van der Waals surface area contributed by atoms with Crippen LogP contribution in [-0.2, 0) is 9.84 Å². The Morgan fingerprint density at radius 1 is 1.06 bits per heavy atom. The van der Waals surface area contributed by atoms with E-state index in [1.807, 2.05) is 0 Å². The first-order chi connectivity index (χ1) is 16.5. The summed E-state index contributed by atoms with van der Waals surface area (Å²) in [6, 6.07) is 16.1. The van der Waals surface area contributed by atoms with Crippen LogP contribution in [0.3, 0.4) is 0 Å². The Balaban J connectivity index is 1.62. The zero-order valence-electron chi connectivity index (χ0n) is 18.6. The lowest BCUT2D eigenvalue weighted by Crippen LogP contribution is -2.46. The van der Waals surface area contributed by atoms with Gasteiger partial charge in [-0.25, -0.2) is 17.5 Å². The Morgan fingerprint density at radius 3 is 2.37 bits per heavy atom. The van der Waals surface area contributed by atoms with Crippen molar-refractivity contribution in [3.8, 4) is 16.9 Å². The second kappa shape index (κ2) is 8.62. The van der Waals surface area contributed by atoms with Crippen molar-refractivity contribution in [3.63, 3.8) is 0 Å². The van der Waals surface area contributed by atoms with Gasteiger partial charge in [-0.05, 0) is 74.0 Å². The molecule has 0 spiro atoms. The molecule has 2 heterocycles. The first kappa shape index (κ1) is 23.8. The highest BCUT2D eigenvalue weighted by Gasteiger charge is 2.39. The van der Waals surface area contributed by atoms with Crippen molar-refractivity contribution in [1.29, 1.82) is 0 Å². The van der Waals surface area contributed by atoms with Gasteiger partial charge in [-0.1, -0.05) is 23.2 Å². The molecule has 0 radical (unpaired) electrons. The molecule has 180 valence electrons. The van der Waals surface area contributed by atoms with Crippen molar-refractivity contribution in [3.05, 3.63) is 82.1 Å². The summed E-state index contributed by atoms with van der Waals surface area (Å²) in [7, 11) is -3.18. The number of nitrogens with one attached hydrogen (secondary N) is 1. The van der Waals surface area contributed by atoms with Crippen molar-refractivity contribution in [2.45, 2.75) is 18.9 Å². The minimum Gasteiger partial charge on any atom is -0.346 e. The van der Waals surface area contributed by atoms with Crippen molar-refractivity contribution in [2.24, 2.45) is 0 Å². The molecule has 1 amide bonds. The lowest BCUT2D eigenvalue weighted by atomic mass is 10.0. The fourth-order valence-electron chi connectivity index (χ4n) is 4.39. The Hall–Kier alpha value is -2.94. The SMILES string of the molecule is C[C@@]1(NC(=O)c2ccc3c(-c4cc(Cl)cc(Cl)c4)nn(-c4ccc(F)cc4)c3c2)CCS(=O)(=O)C1. The van der Waals surface area contributed by atoms with E-state index >= 15 is 0 Å². The third-order valence-electron chi connectivity index (χ3n) is 6.07. The zero-order chi connectivity index (χ0) is 25.0. The maximum absolute atomic E-state index is 13.6. The molecule has 1 N–H and O–H groups in total. The molecule has 1 aromatic heterocycles. The van der Waals surface area contributed by atoms with Crippen LogP contribution < -0.4 is 5.32 Å². The second-order valence-electron chi connectivity index (χ2n) is 8.98. The van der Waals surface area contributed by atoms with Crippen LogP contribution in [0.5, 0.6) is 0 Å². The number of halogens is 3. The van der Waals surface area contributed by atoms with E-state index in [0.717, 1.165) is 5.39 Å². The maximum Gasteiger partial charge on any atom is 0.251 e.